The first-order chi connectivity index (χ1) is 15.7. The molecular weight excluding hydrogens is 435 g/mol. The minimum Gasteiger partial charge on any atom is -0.479 e. The molecule has 0 saturated carbocycles. The van der Waals surface area contributed by atoms with Gasteiger partial charge in [-0.25, -0.2) is 9.59 Å². The lowest BCUT2D eigenvalue weighted by molar-refractivity contribution is -0.208. The summed E-state index contributed by atoms with van der Waals surface area (Å²) >= 11 is 0. The van der Waals surface area contributed by atoms with Crippen molar-refractivity contribution in [1.82, 2.24) is 5.32 Å². The number of halogens is 3. The Balaban J connectivity index is 1.56. The molecule has 0 radical (unpaired) electrons. The molecule has 170 valence electrons. The molecule has 0 fully saturated rings. The number of nitrogens with one attached hydrogen (secondary N) is 1. The van der Waals surface area contributed by atoms with Crippen LogP contribution < -0.4 is 5.32 Å². The average molecular weight is 455 g/mol. The fourth-order valence-electron chi connectivity index (χ4n) is 4.18. The lowest BCUT2D eigenvalue weighted by Gasteiger charge is -2.32. The van der Waals surface area contributed by atoms with E-state index >= 15 is 0 Å². The Morgan fingerprint density at radius 1 is 0.848 bits per heavy atom. The molecule has 1 atom stereocenters. The molecule has 0 bridgehead atoms. The first-order valence-electron chi connectivity index (χ1n) is 10.2. The van der Waals surface area contributed by atoms with Gasteiger partial charge in [-0.05, 0) is 27.8 Å². The third-order valence-corrected chi connectivity index (χ3v) is 5.82. The summed E-state index contributed by atoms with van der Waals surface area (Å²) in [5.74, 6) is -2.59. The maximum atomic E-state index is 14.0. The van der Waals surface area contributed by atoms with Crippen molar-refractivity contribution in [1.29, 1.82) is 0 Å². The van der Waals surface area contributed by atoms with Gasteiger partial charge < -0.3 is 9.84 Å². The van der Waals surface area contributed by atoms with Gasteiger partial charge in [-0.1, -0.05) is 78.9 Å². The third-order valence-electron chi connectivity index (χ3n) is 5.82. The SMILES string of the molecule is O=C(NC(Cc1ccccc1)(C(=O)O)C(F)(F)F)OCC1c2ccccc2-c2ccccc21. The van der Waals surface area contributed by atoms with Crippen LogP contribution in [-0.2, 0) is 16.0 Å². The van der Waals surface area contributed by atoms with Crippen molar-refractivity contribution in [3.8, 4) is 11.1 Å². The second-order valence-electron chi connectivity index (χ2n) is 7.82. The molecule has 8 heteroatoms. The van der Waals surface area contributed by atoms with Crippen LogP contribution in [0.4, 0.5) is 18.0 Å². The molecular formula is C25H20F3NO4. The van der Waals surface area contributed by atoms with Gasteiger partial charge in [0, 0.05) is 12.3 Å². The molecule has 0 aliphatic heterocycles. The second kappa shape index (κ2) is 8.61. The van der Waals surface area contributed by atoms with Gasteiger partial charge in [0.05, 0.1) is 0 Å². The van der Waals surface area contributed by atoms with Crippen LogP contribution in [0.1, 0.15) is 22.6 Å². The zero-order chi connectivity index (χ0) is 23.6. The van der Waals surface area contributed by atoms with Crippen LogP contribution >= 0.6 is 0 Å². The zero-order valence-corrected chi connectivity index (χ0v) is 17.3. The number of benzene rings is 3. The number of hydrogen-bond donors (Lipinski definition) is 2. The molecule has 1 aliphatic carbocycles. The Morgan fingerprint density at radius 2 is 1.36 bits per heavy atom. The number of hydrogen-bond acceptors (Lipinski definition) is 3. The summed E-state index contributed by atoms with van der Waals surface area (Å²) in [7, 11) is 0. The van der Waals surface area contributed by atoms with Crippen molar-refractivity contribution in [2.75, 3.05) is 6.61 Å². The van der Waals surface area contributed by atoms with Crippen LogP contribution in [0.25, 0.3) is 11.1 Å². The van der Waals surface area contributed by atoms with Crippen LogP contribution in [0.3, 0.4) is 0 Å². The summed E-state index contributed by atoms with van der Waals surface area (Å²) in [5, 5.41) is 11.1. The number of carboxylic acid groups (broad SMARTS) is 1. The van der Waals surface area contributed by atoms with Gasteiger partial charge in [0.2, 0.25) is 5.54 Å². The highest BCUT2D eigenvalue weighted by molar-refractivity contribution is 5.86. The van der Waals surface area contributed by atoms with Gasteiger partial charge in [-0.2, -0.15) is 13.2 Å². The van der Waals surface area contributed by atoms with Gasteiger partial charge in [-0.3, -0.25) is 5.32 Å². The smallest absolute Gasteiger partial charge is 0.422 e. The monoisotopic (exact) mass is 455 g/mol. The van der Waals surface area contributed by atoms with E-state index in [4.69, 9.17) is 4.74 Å². The number of carbonyl (C=O) groups excluding carboxylic acids is 1. The first-order valence-corrected chi connectivity index (χ1v) is 10.2. The van der Waals surface area contributed by atoms with E-state index in [0.717, 1.165) is 22.3 Å². The molecule has 0 saturated heterocycles. The maximum absolute atomic E-state index is 14.0. The fourth-order valence-corrected chi connectivity index (χ4v) is 4.18. The van der Waals surface area contributed by atoms with Crippen molar-refractivity contribution in [2.24, 2.45) is 0 Å². The topological polar surface area (TPSA) is 75.6 Å². The molecule has 1 aliphatic rings. The fraction of sp³-hybridized carbons (Fsp3) is 0.200. The Bertz CT molecular complexity index is 1130. The van der Waals surface area contributed by atoms with E-state index in [0.29, 0.717) is 0 Å². The summed E-state index contributed by atoms with van der Waals surface area (Å²) in [5.41, 5.74) is 0.266. The maximum Gasteiger partial charge on any atom is 0.422 e. The van der Waals surface area contributed by atoms with Crippen LogP contribution in [0, 0.1) is 0 Å². The van der Waals surface area contributed by atoms with Crippen molar-refractivity contribution in [3.63, 3.8) is 0 Å². The molecule has 3 aromatic carbocycles. The van der Waals surface area contributed by atoms with E-state index < -0.39 is 30.2 Å². The molecule has 3 aromatic rings. The number of ether oxygens (including phenoxy) is 1. The molecule has 5 nitrogen and oxygen atoms in total. The summed E-state index contributed by atoms with van der Waals surface area (Å²) in [6.45, 7) is -0.237. The van der Waals surface area contributed by atoms with E-state index in [1.807, 2.05) is 48.5 Å². The highest BCUT2D eigenvalue weighted by Crippen LogP contribution is 2.44. The largest absolute Gasteiger partial charge is 0.479 e. The molecule has 1 amide bonds. The minimum absolute atomic E-state index is 0.108. The van der Waals surface area contributed by atoms with E-state index in [9.17, 15) is 27.9 Å². The highest BCUT2D eigenvalue weighted by atomic mass is 19.4. The van der Waals surface area contributed by atoms with Crippen LogP contribution in [-0.4, -0.2) is 35.5 Å². The van der Waals surface area contributed by atoms with Crippen molar-refractivity contribution < 1.29 is 32.6 Å². The Morgan fingerprint density at radius 3 is 1.88 bits per heavy atom. The van der Waals surface area contributed by atoms with Crippen molar-refractivity contribution >= 4 is 12.1 Å². The lowest BCUT2D eigenvalue weighted by atomic mass is 9.90. The van der Waals surface area contributed by atoms with Gasteiger partial charge in [0.1, 0.15) is 6.61 Å². The number of alkyl halides is 3. The second-order valence-corrected chi connectivity index (χ2v) is 7.82. The number of carboxylic acids is 1. The molecule has 4 rings (SSSR count). The molecule has 2 N–H and O–H groups in total. The van der Waals surface area contributed by atoms with Gasteiger partial charge in [0.25, 0.3) is 0 Å². The number of aliphatic carboxylic acids is 1. The summed E-state index contributed by atoms with van der Waals surface area (Å²) in [6.07, 6.45) is -7.69. The molecule has 33 heavy (non-hydrogen) atoms. The molecule has 0 spiro atoms. The number of amides is 1. The number of fused-ring (bicyclic) bond motifs is 3. The van der Waals surface area contributed by atoms with Gasteiger partial charge in [-0.15, -0.1) is 0 Å². The van der Waals surface area contributed by atoms with Crippen LogP contribution in [0.15, 0.2) is 78.9 Å². The van der Waals surface area contributed by atoms with E-state index in [1.54, 1.807) is 11.4 Å². The molecule has 0 aromatic heterocycles. The quantitative estimate of drug-likeness (QED) is 0.539. The summed E-state index contributed by atoms with van der Waals surface area (Å²) in [6, 6.07) is 22.3. The zero-order valence-electron chi connectivity index (χ0n) is 17.3. The minimum atomic E-state index is -5.26. The average Bonchev–Trinajstić information content (AvgIpc) is 3.11. The number of carbonyl (C=O) groups is 2. The normalized spacial score (nSPS) is 14.6. The molecule has 0 heterocycles. The summed E-state index contributed by atoms with van der Waals surface area (Å²) < 4.78 is 47.0. The van der Waals surface area contributed by atoms with E-state index in [2.05, 4.69) is 0 Å². The van der Waals surface area contributed by atoms with E-state index in [1.165, 1.54) is 24.3 Å². The Hall–Kier alpha value is -3.81. The summed E-state index contributed by atoms with van der Waals surface area (Å²) in [4.78, 5) is 24.3. The first kappa shape index (κ1) is 22.4. The molecule has 1 unspecified atom stereocenters. The Kier molecular flexibility index (Phi) is 5.84. The Labute approximate surface area is 187 Å². The predicted octanol–water partition coefficient (Wildman–Crippen LogP) is 5.15. The lowest BCUT2D eigenvalue weighted by Crippen LogP contribution is -2.65. The standard InChI is InChI=1S/C25H20F3NO4/c26-25(27,28)24(22(30)31,14-16-8-2-1-3-9-16)29-23(32)33-15-21-19-12-6-4-10-17(19)18-11-5-7-13-20(18)21/h1-13,21H,14-15H2,(H,29,32)(H,30,31). The number of alkyl carbamates (subject to hydrolysis) is 1. The van der Waals surface area contributed by atoms with Gasteiger partial charge >= 0.3 is 18.2 Å². The predicted molar refractivity (Wildman–Crippen MR) is 115 cm³/mol. The van der Waals surface area contributed by atoms with Crippen molar-refractivity contribution in [2.45, 2.75) is 24.1 Å². The van der Waals surface area contributed by atoms with E-state index in [-0.39, 0.29) is 18.1 Å². The highest BCUT2D eigenvalue weighted by Gasteiger charge is 2.62. The third kappa shape index (κ3) is 4.16. The van der Waals surface area contributed by atoms with Crippen LogP contribution in [0.2, 0.25) is 0 Å². The van der Waals surface area contributed by atoms with Gasteiger partial charge in [0.15, 0.2) is 0 Å². The van der Waals surface area contributed by atoms with Crippen molar-refractivity contribution in [3.05, 3.63) is 95.6 Å². The number of rotatable bonds is 6. The van der Waals surface area contributed by atoms with Crippen LogP contribution in [0.5, 0.6) is 0 Å².